The third kappa shape index (κ3) is 8.16. The lowest BCUT2D eigenvalue weighted by molar-refractivity contribution is -0.138. The molecule has 0 spiro atoms. The van der Waals surface area contributed by atoms with Gasteiger partial charge in [0.25, 0.3) is 0 Å². The van der Waals surface area contributed by atoms with E-state index in [1.165, 1.54) is 36.4 Å². The lowest BCUT2D eigenvalue weighted by atomic mass is 10.1. The van der Waals surface area contributed by atoms with Gasteiger partial charge in [-0.05, 0) is 49.2 Å². The highest BCUT2D eigenvalue weighted by molar-refractivity contribution is 7.80. The number of carbonyl (C=O) groups excluding carboxylic acids is 2. The lowest BCUT2D eigenvalue weighted by Gasteiger charge is -2.07. The maximum atomic E-state index is 11.8. The van der Waals surface area contributed by atoms with E-state index in [0.29, 0.717) is 17.8 Å². The number of phenols is 2. The van der Waals surface area contributed by atoms with Gasteiger partial charge in [0.1, 0.15) is 28.7 Å². The minimum atomic E-state index is -1.09. The zero-order valence-corrected chi connectivity index (χ0v) is 17.0. The van der Waals surface area contributed by atoms with Crippen molar-refractivity contribution in [1.82, 2.24) is 0 Å². The number of phenolic OH excluding ortho intramolecular Hbond substituents is 2. The Kier molecular flexibility index (Phi) is 9.19. The maximum absolute atomic E-state index is 11.8. The second kappa shape index (κ2) is 11.3. The Morgan fingerprint density at radius 2 is 1.35 bits per heavy atom. The van der Waals surface area contributed by atoms with E-state index in [-0.39, 0.29) is 34.0 Å². The van der Waals surface area contributed by atoms with Gasteiger partial charge in [-0.1, -0.05) is 12.2 Å². The Bertz CT molecular complexity index is 936. The van der Waals surface area contributed by atoms with Crippen molar-refractivity contribution in [3.63, 3.8) is 0 Å². The van der Waals surface area contributed by atoms with Crippen molar-refractivity contribution in [2.75, 3.05) is 11.5 Å². The van der Waals surface area contributed by atoms with Crippen LogP contribution in [0, 0.1) is 0 Å². The number of hydrogen-bond donors (Lipinski definition) is 7. The Morgan fingerprint density at radius 1 is 0.935 bits per heavy atom. The van der Waals surface area contributed by atoms with Gasteiger partial charge in [-0.15, -0.1) is 0 Å². The molecule has 0 aliphatic carbocycles. The van der Waals surface area contributed by atoms with E-state index in [1.807, 2.05) is 0 Å². The molecule has 0 fully saturated rings. The summed E-state index contributed by atoms with van der Waals surface area (Å²) < 4.78 is 4.59. The number of carboxylic acid groups (broad SMARTS) is 1. The van der Waals surface area contributed by atoms with Crippen LogP contribution in [0.1, 0.15) is 33.6 Å². The van der Waals surface area contributed by atoms with Crippen LogP contribution in [0.3, 0.4) is 0 Å². The number of rotatable bonds is 6. The van der Waals surface area contributed by atoms with Crippen LogP contribution in [-0.2, 0) is 9.53 Å². The van der Waals surface area contributed by atoms with Crippen LogP contribution in [0.5, 0.6) is 11.5 Å². The summed E-state index contributed by atoms with van der Waals surface area (Å²) in [5.41, 5.74) is 21.2. The van der Waals surface area contributed by atoms with Gasteiger partial charge in [0.2, 0.25) is 0 Å². The SMILES string of the molecule is NC(=S)CCC(N)C(=O)O.Nc1ccc(O)c(C(=O)OC(=O)c2cc(N)ccc2O)c1. The molecule has 0 amide bonds. The first-order chi connectivity index (χ1) is 14.4. The van der Waals surface area contributed by atoms with Crippen LogP contribution < -0.4 is 22.9 Å². The molecule has 12 heteroatoms. The van der Waals surface area contributed by atoms with Gasteiger partial charge in [0, 0.05) is 11.4 Å². The monoisotopic (exact) mass is 450 g/mol. The number of carboxylic acids is 1. The molecule has 0 bridgehead atoms. The van der Waals surface area contributed by atoms with Gasteiger partial charge in [-0.3, -0.25) is 4.79 Å². The normalized spacial score (nSPS) is 10.9. The molecule has 0 radical (unpaired) electrons. The fourth-order valence-electron chi connectivity index (χ4n) is 2.05. The molecular weight excluding hydrogens is 428 g/mol. The minimum absolute atomic E-state index is 0.221. The highest BCUT2D eigenvalue weighted by Gasteiger charge is 2.20. The third-order valence-corrected chi connectivity index (χ3v) is 3.89. The number of ether oxygens (including phenoxy) is 1. The zero-order valence-electron chi connectivity index (χ0n) is 16.1. The maximum Gasteiger partial charge on any atom is 0.349 e. The number of nitrogens with two attached hydrogens (primary N) is 4. The quantitative estimate of drug-likeness (QED) is 0.106. The molecule has 0 aliphatic rings. The molecule has 1 unspecified atom stereocenters. The second-order valence-electron chi connectivity index (χ2n) is 6.18. The van der Waals surface area contributed by atoms with Crippen LogP contribution in [-0.4, -0.2) is 44.3 Å². The van der Waals surface area contributed by atoms with Gasteiger partial charge in [0.05, 0.1) is 4.99 Å². The number of esters is 2. The van der Waals surface area contributed by atoms with Crippen molar-refractivity contribution in [2.45, 2.75) is 18.9 Å². The van der Waals surface area contributed by atoms with Crippen LogP contribution in [0.15, 0.2) is 36.4 Å². The van der Waals surface area contributed by atoms with Gasteiger partial charge < -0.3 is 43.0 Å². The number of nitrogen functional groups attached to an aromatic ring is 2. The molecule has 1 atom stereocenters. The molecule has 11 nitrogen and oxygen atoms in total. The smallest absolute Gasteiger partial charge is 0.349 e. The van der Waals surface area contributed by atoms with Crippen molar-refractivity contribution in [2.24, 2.45) is 11.5 Å². The summed E-state index contributed by atoms with van der Waals surface area (Å²) in [7, 11) is 0. The number of aliphatic carboxylic acids is 1. The molecule has 0 aromatic heterocycles. The summed E-state index contributed by atoms with van der Waals surface area (Å²) >= 11 is 4.53. The minimum Gasteiger partial charge on any atom is -0.507 e. The topological polar surface area (TPSA) is 225 Å². The molecule has 0 saturated heterocycles. The second-order valence-corrected chi connectivity index (χ2v) is 6.70. The van der Waals surface area contributed by atoms with Crippen molar-refractivity contribution in [3.05, 3.63) is 47.5 Å². The first-order valence-electron chi connectivity index (χ1n) is 8.62. The number of aromatic hydroxyl groups is 2. The summed E-state index contributed by atoms with van der Waals surface area (Å²) in [4.78, 5) is 34.1. The molecule has 2 aromatic carbocycles. The molecule has 2 rings (SSSR count). The van der Waals surface area contributed by atoms with Gasteiger partial charge in [0.15, 0.2) is 0 Å². The van der Waals surface area contributed by atoms with E-state index in [4.69, 9.17) is 28.0 Å². The van der Waals surface area contributed by atoms with Gasteiger partial charge in [-0.2, -0.15) is 0 Å². The largest absolute Gasteiger partial charge is 0.507 e. The van der Waals surface area contributed by atoms with Crippen LogP contribution in [0.25, 0.3) is 0 Å². The molecular formula is C19H22N4O7S. The number of anilines is 2. The van der Waals surface area contributed by atoms with Crippen molar-refractivity contribution in [1.29, 1.82) is 0 Å². The highest BCUT2D eigenvalue weighted by atomic mass is 32.1. The predicted molar refractivity (Wildman–Crippen MR) is 116 cm³/mol. The summed E-state index contributed by atoms with van der Waals surface area (Å²) in [6.45, 7) is 0. The third-order valence-electron chi connectivity index (χ3n) is 3.69. The average Bonchev–Trinajstić information content (AvgIpc) is 2.69. The van der Waals surface area contributed by atoms with Crippen LogP contribution in [0.2, 0.25) is 0 Å². The molecule has 31 heavy (non-hydrogen) atoms. The molecule has 2 aromatic rings. The molecule has 0 aliphatic heterocycles. The Morgan fingerprint density at radius 3 is 1.71 bits per heavy atom. The van der Waals surface area contributed by atoms with Gasteiger partial charge in [-0.25, -0.2) is 9.59 Å². The van der Waals surface area contributed by atoms with Crippen molar-refractivity contribution < 1.29 is 34.4 Å². The van der Waals surface area contributed by atoms with E-state index < -0.39 is 23.9 Å². The molecule has 0 heterocycles. The van der Waals surface area contributed by atoms with E-state index >= 15 is 0 Å². The first-order valence-corrected chi connectivity index (χ1v) is 9.03. The van der Waals surface area contributed by atoms with Gasteiger partial charge >= 0.3 is 17.9 Å². The number of benzene rings is 2. The summed E-state index contributed by atoms with van der Waals surface area (Å²) in [5, 5.41) is 27.4. The predicted octanol–water partition coefficient (Wildman–Crippen LogP) is 0.724. The fourth-order valence-corrected chi connectivity index (χ4v) is 2.17. The Hall–Kier alpha value is -3.90. The highest BCUT2D eigenvalue weighted by Crippen LogP contribution is 2.24. The van der Waals surface area contributed by atoms with E-state index in [0.717, 1.165) is 0 Å². The number of hydrogen-bond acceptors (Lipinski definition) is 10. The van der Waals surface area contributed by atoms with Crippen LogP contribution in [0.4, 0.5) is 11.4 Å². The zero-order chi connectivity index (χ0) is 23.7. The lowest BCUT2D eigenvalue weighted by Crippen LogP contribution is -2.31. The molecule has 166 valence electrons. The average molecular weight is 450 g/mol. The molecule has 11 N–H and O–H groups in total. The Labute approximate surface area is 182 Å². The van der Waals surface area contributed by atoms with Crippen molar-refractivity contribution >= 4 is 46.5 Å². The van der Waals surface area contributed by atoms with E-state index in [2.05, 4.69) is 17.0 Å². The van der Waals surface area contributed by atoms with Crippen LogP contribution >= 0.6 is 12.2 Å². The number of thiocarbonyl (C=S) groups is 1. The summed E-state index contributed by atoms with van der Waals surface area (Å²) in [6.07, 6.45) is 0.702. The summed E-state index contributed by atoms with van der Waals surface area (Å²) in [5.74, 6) is -3.95. The molecule has 0 saturated carbocycles. The fraction of sp³-hybridized carbons (Fsp3) is 0.158. The van der Waals surface area contributed by atoms with Crippen molar-refractivity contribution in [3.8, 4) is 11.5 Å². The number of carbonyl (C=O) groups is 3. The standard InChI is InChI=1S/C14H12N2O5.C5H10N2O2S/c15-7-1-3-11(17)9(5-7)13(19)21-14(20)10-6-8(16)2-4-12(10)18;6-3(5(8)9)1-2-4(7)10/h1-6,17-18H,15-16H2;3H,1-2,6H2,(H2,7,10)(H,8,9). The van der Waals surface area contributed by atoms with E-state index in [1.54, 1.807) is 0 Å². The first kappa shape index (κ1) is 25.1. The Balaban J connectivity index is 0.000000407. The van der Waals surface area contributed by atoms with E-state index in [9.17, 15) is 24.6 Å². The summed E-state index contributed by atoms with van der Waals surface area (Å²) in [6, 6.07) is 6.67.